The van der Waals surface area contributed by atoms with Crippen LogP contribution in [0.4, 0.5) is 0 Å². The van der Waals surface area contributed by atoms with Gasteiger partial charge in [0.15, 0.2) is 0 Å². The lowest BCUT2D eigenvalue weighted by molar-refractivity contribution is 0.0628. The molecule has 5 heteroatoms. The van der Waals surface area contributed by atoms with Gasteiger partial charge in [0.05, 0.1) is 11.0 Å². The highest BCUT2D eigenvalue weighted by molar-refractivity contribution is 7.89. The first-order valence-electron chi connectivity index (χ1n) is 6.72. The summed E-state index contributed by atoms with van der Waals surface area (Å²) in [6.45, 7) is 4.70. The molecule has 2 atom stereocenters. The average Bonchev–Trinajstić information content (AvgIpc) is 2.41. The van der Waals surface area contributed by atoms with E-state index in [1.165, 1.54) is 4.31 Å². The van der Waals surface area contributed by atoms with Crippen molar-refractivity contribution in [2.45, 2.75) is 37.7 Å². The van der Waals surface area contributed by atoms with Gasteiger partial charge in [-0.1, -0.05) is 26.0 Å². The quantitative estimate of drug-likeness (QED) is 0.917. The van der Waals surface area contributed by atoms with Crippen LogP contribution >= 0.6 is 0 Å². The molecule has 0 bridgehead atoms. The Morgan fingerprint density at radius 2 is 1.95 bits per heavy atom. The molecule has 1 N–H and O–H groups in total. The van der Waals surface area contributed by atoms with Crippen molar-refractivity contribution in [1.29, 1.82) is 0 Å². The predicted molar refractivity (Wildman–Crippen MR) is 74.4 cm³/mol. The third-order valence-electron chi connectivity index (χ3n) is 3.79. The maximum Gasteiger partial charge on any atom is 0.243 e. The van der Waals surface area contributed by atoms with Crippen molar-refractivity contribution < 1.29 is 13.5 Å². The molecular weight excluding hydrogens is 262 g/mol. The zero-order valence-electron chi connectivity index (χ0n) is 11.4. The van der Waals surface area contributed by atoms with Gasteiger partial charge in [-0.3, -0.25) is 0 Å². The second-order valence-corrected chi connectivity index (χ2v) is 7.13. The standard InChI is InChI=1S/C14H21NO3S/c1-3-12-4-6-13(7-5-12)19(17,18)15-9-8-14(16)11(2)10-15/h4-7,11,14,16H,3,8-10H2,1-2H3. The van der Waals surface area contributed by atoms with E-state index in [9.17, 15) is 13.5 Å². The Hall–Kier alpha value is -0.910. The van der Waals surface area contributed by atoms with Crippen molar-refractivity contribution in [3.63, 3.8) is 0 Å². The molecule has 1 saturated heterocycles. The monoisotopic (exact) mass is 283 g/mol. The molecule has 0 spiro atoms. The van der Waals surface area contributed by atoms with E-state index in [1.807, 2.05) is 26.0 Å². The van der Waals surface area contributed by atoms with Gasteiger partial charge in [-0.05, 0) is 36.5 Å². The molecule has 2 rings (SSSR count). The summed E-state index contributed by atoms with van der Waals surface area (Å²) in [5.74, 6) is -0.0153. The van der Waals surface area contributed by atoms with Crippen molar-refractivity contribution >= 4 is 10.0 Å². The summed E-state index contributed by atoms with van der Waals surface area (Å²) in [6, 6.07) is 7.05. The van der Waals surface area contributed by atoms with E-state index in [1.54, 1.807) is 12.1 Å². The van der Waals surface area contributed by atoms with Gasteiger partial charge in [0, 0.05) is 13.1 Å². The maximum atomic E-state index is 12.5. The fourth-order valence-corrected chi connectivity index (χ4v) is 3.91. The van der Waals surface area contributed by atoms with Crippen LogP contribution in [0, 0.1) is 5.92 Å². The van der Waals surface area contributed by atoms with Crippen molar-refractivity contribution in [2.24, 2.45) is 5.92 Å². The van der Waals surface area contributed by atoms with Crippen LogP contribution in [0.1, 0.15) is 25.8 Å². The van der Waals surface area contributed by atoms with Gasteiger partial charge in [-0.25, -0.2) is 8.42 Å². The molecule has 2 unspecified atom stereocenters. The van der Waals surface area contributed by atoms with Gasteiger partial charge < -0.3 is 5.11 Å². The Morgan fingerprint density at radius 1 is 1.32 bits per heavy atom. The van der Waals surface area contributed by atoms with Gasteiger partial charge >= 0.3 is 0 Å². The van der Waals surface area contributed by atoms with Gasteiger partial charge in [0.2, 0.25) is 10.0 Å². The number of aliphatic hydroxyl groups excluding tert-OH is 1. The molecule has 0 aliphatic carbocycles. The van der Waals surface area contributed by atoms with Crippen LogP contribution in [0.25, 0.3) is 0 Å². The normalized spacial score (nSPS) is 25.4. The Morgan fingerprint density at radius 3 is 2.47 bits per heavy atom. The Bertz CT molecular complexity index is 524. The number of hydrogen-bond acceptors (Lipinski definition) is 3. The molecule has 0 radical (unpaired) electrons. The summed E-state index contributed by atoms with van der Waals surface area (Å²) in [6.07, 6.45) is 1.01. The summed E-state index contributed by atoms with van der Waals surface area (Å²) in [5.41, 5.74) is 1.13. The molecule has 106 valence electrons. The van der Waals surface area contributed by atoms with E-state index in [4.69, 9.17) is 0 Å². The van der Waals surface area contributed by atoms with Crippen molar-refractivity contribution in [3.8, 4) is 0 Å². The number of piperidine rings is 1. The van der Waals surface area contributed by atoms with Crippen molar-refractivity contribution in [2.75, 3.05) is 13.1 Å². The zero-order chi connectivity index (χ0) is 14.0. The molecule has 1 aliphatic heterocycles. The average molecular weight is 283 g/mol. The molecule has 1 heterocycles. The Kier molecular flexibility index (Phi) is 4.28. The van der Waals surface area contributed by atoms with E-state index in [0.717, 1.165) is 12.0 Å². The van der Waals surface area contributed by atoms with E-state index in [-0.39, 0.29) is 5.92 Å². The molecule has 0 amide bonds. The van der Waals surface area contributed by atoms with Crippen molar-refractivity contribution in [1.82, 2.24) is 4.31 Å². The van der Waals surface area contributed by atoms with Gasteiger partial charge in [-0.2, -0.15) is 4.31 Å². The third-order valence-corrected chi connectivity index (χ3v) is 5.67. The number of aryl methyl sites for hydroxylation is 1. The minimum absolute atomic E-state index is 0.0153. The third kappa shape index (κ3) is 2.99. The SMILES string of the molecule is CCc1ccc(S(=O)(=O)N2CCC(O)C(C)C2)cc1. The zero-order valence-corrected chi connectivity index (χ0v) is 12.2. The summed E-state index contributed by atoms with van der Waals surface area (Å²) in [7, 11) is -3.42. The first kappa shape index (κ1) is 14.5. The lowest BCUT2D eigenvalue weighted by atomic mass is 9.99. The van der Waals surface area contributed by atoms with Gasteiger partial charge in [0.25, 0.3) is 0 Å². The minimum atomic E-state index is -3.42. The van der Waals surface area contributed by atoms with Crippen molar-refractivity contribution in [3.05, 3.63) is 29.8 Å². The summed E-state index contributed by atoms with van der Waals surface area (Å²) < 4.78 is 26.4. The van der Waals surface area contributed by atoms with Crippen LogP contribution in [0.2, 0.25) is 0 Å². The molecule has 1 aromatic rings. The molecular formula is C14H21NO3S. The van der Waals surface area contributed by atoms with E-state index < -0.39 is 16.1 Å². The van der Waals surface area contributed by atoms with Crippen LogP contribution in [0.5, 0.6) is 0 Å². The van der Waals surface area contributed by atoms with Gasteiger partial charge in [-0.15, -0.1) is 0 Å². The van der Waals surface area contributed by atoms with Crippen LogP contribution in [0.3, 0.4) is 0 Å². The Balaban J connectivity index is 2.21. The number of rotatable bonds is 3. The smallest absolute Gasteiger partial charge is 0.243 e. The lowest BCUT2D eigenvalue weighted by Gasteiger charge is -2.33. The molecule has 1 fully saturated rings. The second kappa shape index (κ2) is 5.61. The fourth-order valence-electron chi connectivity index (χ4n) is 2.36. The summed E-state index contributed by atoms with van der Waals surface area (Å²) >= 11 is 0. The largest absolute Gasteiger partial charge is 0.393 e. The highest BCUT2D eigenvalue weighted by atomic mass is 32.2. The summed E-state index contributed by atoms with van der Waals surface area (Å²) in [4.78, 5) is 0.341. The number of nitrogens with zero attached hydrogens (tertiary/aromatic N) is 1. The highest BCUT2D eigenvalue weighted by Gasteiger charge is 2.32. The van der Waals surface area contributed by atoms with Crippen LogP contribution in [-0.4, -0.2) is 37.0 Å². The maximum absolute atomic E-state index is 12.5. The first-order chi connectivity index (χ1) is 8.95. The molecule has 19 heavy (non-hydrogen) atoms. The number of aliphatic hydroxyl groups is 1. The number of benzene rings is 1. The van der Waals surface area contributed by atoms with Crippen LogP contribution < -0.4 is 0 Å². The molecule has 4 nitrogen and oxygen atoms in total. The van der Waals surface area contributed by atoms with E-state index in [2.05, 4.69) is 0 Å². The minimum Gasteiger partial charge on any atom is -0.393 e. The topological polar surface area (TPSA) is 57.6 Å². The fraction of sp³-hybridized carbons (Fsp3) is 0.571. The molecule has 0 aromatic heterocycles. The van der Waals surface area contributed by atoms with Crippen LogP contribution in [0.15, 0.2) is 29.2 Å². The van der Waals surface area contributed by atoms with Gasteiger partial charge in [0.1, 0.15) is 0 Å². The molecule has 0 saturated carbocycles. The molecule has 1 aliphatic rings. The Labute approximate surface area is 115 Å². The van der Waals surface area contributed by atoms with Crippen LogP contribution in [-0.2, 0) is 16.4 Å². The predicted octanol–water partition coefficient (Wildman–Crippen LogP) is 1.64. The molecule has 1 aromatic carbocycles. The number of hydrogen-bond donors (Lipinski definition) is 1. The van der Waals surface area contributed by atoms with E-state index >= 15 is 0 Å². The second-order valence-electron chi connectivity index (χ2n) is 5.19. The highest BCUT2D eigenvalue weighted by Crippen LogP contribution is 2.24. The van der Waals surface area contributed by atoms with E-state index in [0.29, 0.717) is 24.4 Å². The first-order valence-corrected chi connectivity index (χ1v) is 8.16. The lowest BCUT2D eigenvalue weighted by Crippen LogP contribution is -2.44. The summed E-state index contributed by atoms with van der Waals surface area (Å²) in [5, 5.41) is 9.68. The number of sulfonamides is 1.